The number of halogens is 2. The van der Waals surface area contributed by atoms with Crippen molar-refractivity contribution in [2.45, 2.75) is 0 Å². The minimum Gasteiger partial charge on any atom is -0.345 e. The highest BCUT2D eigenvalue weighted by Crippen LogP contribution is 2.15. The monoisotopic (exact) mass is 313 g/mol. The van der Waals surface area contributed by atoms with Crippen molar-refractivity contribution >= 4 is 39.1 Å². The van der Waals surface area contributed by atoms with Crippen molar-refractivity contribution < 1.29 is 4.79 Å². The quantitative estimate of drug-likeness (QED) is 0.866. The fourth-order valence-corrected chi connectivity index (χ4v) is 1.88. The lowest BCUT2D eigenvalue weighted by molar-refractivity contribution is 0.101. The first kappa shape index (κ1) is 12.1. The third-order valence-electron chi connectivity index (χ3n) is 2.19. The molecule has 0 aliphatic rings. The predicted molar refractivity (Wildman–Crippen MR) is 70.3 cm³/mol. The molecule has 0 unspecified atom stereocenters. The lowest BCUT2D eigenvalue weighted by atomic mass is 10.3. The molecule has 2 rings (SSSR count). The van der Waals surface area contributed by atoms with Crippen LogP contribution < -0.4 is 5.32 Å². The zero-order chi connectivity index (χ0) is 12.4. The van der Waals surface area contributed by atoms with Crippen LogP contribution in [0.5, 0.6) is 0 Å². The van der Waals surface area contributed by atoms with Gasteiger partial charge in [-0.1, -0.05) is 11.6 Å². The number of anilines is 1. The molecule has 2 aromatic heterocycles. The highest BCUT2D eigenvalue weighted by molar-refractivity contribution is 9.10. The number of carbonyl (C=O) groups excluding carboxylic acids is 1. The van der Waals surface area contributed by atoms with E-state index in [-0.39, 0.29) is 5.91 Å². The largest absolute Gasteiger partial charge is 0.345 e. The Morgan fingerprint density at radius 3 is 2.82 bits per heavy atom. The number of amides is 1. The minimum atomic E-state index is -0.219. The Morgan fingerprint density at radius 1 is 1.53 bits per heavy atom. The van der Waals surface area contributed by atoms with Crippen molar-refractivity contribution in [2.75, 3.05) is 5.32 Å². The van der Waals surface area contributed by atoms with Gasteiger partial charge in [-0.05, 0) is 34.1 Å². The summed E-state index contributed by atoms with van der Waals surface area (Å²) < 4.78 is 2.39. The van der Waals surface area contributed by atoms with Gasteiger partial charge < -0.3 is 9.88 Å². The summed E-state index contributed by atoms with van der Waals surface area (Å²) in [6.07, 6.45) is 3.25. The first-order valence-electron chi connectivity index (χ1n) is 4.81. The van der Waals surface area contributed by atoms with Crippen LogP contribution in [0.3, 0.4) is 0 Å². The van der Waals surface area contributed by atoms with Gasteiger partial charge in [-0.2, -0.15) is 0 Å². The molecule has 0 aromatic carbocycles. The van der Waals surface area contributed by atoms with E-state index < -0.39 is 0 Å². The van der Waals surface area contributed by atoms with Crippen molar-refractivity contribution in [1.29, 1.82) is 0 Å². The Morgan fingerprint density at radius 2 is 2.29 bits per heavy atom. The Balaban J connectivity index is 2.17. The number of hydrogen-bond donors (Lipinski definition) is 1. The molecule has 0 radical (unpaired) electrons. The summed E-state index contributed by atoms with van der Waals surface area (Å²) in [5, 5.41) is 3.27. The summed E-state index contributed by atoms with van der Waals surface area (Å²) in [6, 6.07) is 5.14. The maximum absolute atomic E-state index is 11.9. The number of rotatable bonds is 2. The number of nitrogens with one attached hydrogen (secondary N) is 1. The molecule has 0 saturated carbocycles. The van der Waals surface area contributed by atoms with Crippen LogP contribution in [0.25, 0.3) is 0 Å². The summed E-state index contributed by atoms with van der Waals surface area (Å²) >= 11 is 9.04. The summed E-state index contributed by atoms with van der Waals surface area (Å²) in [4.78, 5) is 15.9. The maximum Gasteiger partial charge on any atom is 0.272 e. The number of pyridine rings is 1. The van der Waals surface area contributed by atoms with E-state index in [0.29, 0.717) is 16.4 Å². The van der Waals surface area contributed by atoms with Crippen LogP contribution in [0.4, 0.5) is 5.69 Å². The molecule has 1 N–H and O–H groups in total. The van der Waals surface area contributed by atoms with Crippen LogP contribution in [0.2, 0.25) is 5.02 Å². The van der Waals surface area contributed by atoms with Gasteiger partial charge in [-0.3, -0.25) is 4.79 Å². The van der Waals surface area contributed by atoms with Crippen LogP contribution in [0.1, 0.15) is 10.5 Å². The molecule has 6 heteroatoms. The van der Waals surface area contributed by atoms with Crippen LogP contribution >= 0.6 is 27.5 Å². The van der Waals surface area contributed by atoms with E-state index in [4.69, 9.17) is 11.6 Å². The van der Waals surface area contributed by atoms with Gasteiger partial charge in [0.15, 0.2) is 0 Å². The standard InChI is InChI=1S/C11H9BrClN3O/c1-16-6-7(13)4-9(16)11(17)15-8-2-3-10(12)14-5-8/h2-6H,1H3,(H,15,17). The van der Waals surface area contributed by atoms with Gasteiger partial charge in [0.2, 0.25) is 0 Å². The van der Waals surface area contributed by atoms with E-state index in [1.807, 2.05) is 0 Å². The molecule has 2 heterocycles. The van der Waals surface area contributed by atoms with Crippen LogP contribution in [0, 0.1) is 0 Å². The third kappa shape index (κ3) is 2.87. The van der Waals surface area contributed by atoms with E-state index in [1.165, 1.54) is 0 Å². The van der Waals surface area contributed by atoms with E-state index in [0.717, 1.165) is 4.60 Å². The average molecular weight is 315 g/mol. The van der Waals surface area contributed by atoms with E-state index in [2.05, 4.69) is 26.2 Å². The number of aryl methyl sites for hydroxylation is 1. The van der Waals surface area contributed by atoms with Gasteiger partial charge >= 0.3 is 0 Å². The average Bonchev–Trinajstić information content (AvgIpc) is 2.61. The molecule has 0 aliphatic carbocycles. The molecule has 0 aliphatic heterocycles. The summed E-state index contributed by atoms with van der Waals surface area (Å²) in [7, 11) is 1.76. The molecule has 0 spiro atoms. The fourth-order valence-electron chi connectivity index (χ4n) is 1.39. The van der Waals surface area contributed by atoms with E-state index >= 15 is 0 Å². The summed E-state index contributed by atoms with van der Waals surface area (Å²) in [5.41, 5.74) is 1.13. The molecule has 88 valence electrons. The number of carbonyl (C=O) groups is 1. The van der Waals surface area contributed by atoms with Crippen molar-refractivity contribution in [3.8, 4) is 0 Å². The van der Waals surface area contributed by atoms with E-state index in [9.17, 15) is 4.79 Å². The number of hydrogen-bond acceptors (Lipinski definition) is 2. The molecular weight excluding hydrogens is 305 g/mol. The molecule has 0 bridgehead atoms. The van der Waals surface area contributed by atoms with Crippen LogP contribution in [-0.4, -0.2) is 15.5 Å². The Hall–Kier alpha value is -1.33. The zero-order valence-corrected chi connectivity index (χ0v) is 11.3. The van der Waals surface area contributed by atoms with Crippen molar-refractivity contribution in [3.63, 3.8) is 0 Å². The normalized spacial score (nSPS) is 10.3. The van der Waals surface area contributed by atoms with E-state index in [1.54, 1.807) is 42.2 Å². The topological polar surface area (TPSA) is 46.9 Å². The lowest BCUT2D eigenvalue weighted by Gasteiger charge is -2.05. The lowest BCUT2D eigenvalue weighted by Crippen LogP contribution is -2.15. The predicted octanol–water partition coefficient (Wildman–Crippen LogP) is 3.09. The molecular formula is C11H9BrClN3O. The van der Waals surface area contributed by atoms with Gasteiger partial charge in [0, 0.05) is 13.2 Å². The SMILES string of the molecule is Cn1cc(Cl)cc1C(=O)Nc1ccc(Br)nc1. The van der Waals surface area contributed by atoms with Gasteiger partial charge in [0.25, 0.3) is 5.91 Å². The Labute approximate surface area is 112 Å². The number of nitrogens with zero attached hydrogens (tertiary/aromatic N) is 2. The van der Waals surface area contributed by atoms with Gasteiger partial charge in [0.1, 0.15) is 10.3 Å². The first-order chi connectivity index (χ1) is 8.06. The minimum absolute atomic E-state index is 0.219. The van der Waals surface area contributed by atoms with Crippen LogP contribution in [0.15, 0.2) is 35.2 Å². The number of aromatic nitrogens is 2. The molecule has 0 atom stereocenters. The Bertz CT molecular complexity index is 550. The zero-order valence-electron chi connectivity index (χ0n) is 8.95. The van der Waals surface area contributed by atoms with Crippen molar-refractivity contribution in [2.24, 2.45) is 7.05 Å². The Kier molecular flexibility index (Phi) is 3.49. The smallest absolute Gasteiger partial charge is 0.272 e. The van der Waals surface area contributed by atoms with Gasteiger partial charge in [0.05, 0.1) is 16.9 Å². The van der Waals surface area contributed by atoms with Gasteiger partial charge in [-0.15, -0.1) is 0 Å². The second-order valence-corrected chi connectivity index (χ2v) is 4.73. The maximum atomic E-state index is 11.9. The third-order valence-corrected chi connectivity index (χ3v) is 2.87. The molecule has 4 nitrogen and oxygen atoms in total. The molecule has 0 saturated heterocycles. The fraction of sp³-hybridized carbons (Fsp3) is 0.0909. The molecule has 1 amide bonds. The first-order valence-corrected chi connectivity index (χ1v) is 5.98. The second kappa shape index (κ2) is 4.89. The summed E-state index contributed by atoms with van der Waals surface area (Å²) in [5.74, 6) is -0.219. The van der Waals surface area contributed by atoms with Crippen molar-refractivity contribution in [3.05, 3.63) is 45.9 Å². The van der Waals surface area contributed by atoms with Gasteiger partial charge in [-0.25, -0.2) is 4.98 Å². The highest BCUT2D eigenvalue weighted by Gasteiger charge is 2.11. The van der Waals surface area contributed by atoms with Crippen molar-refractivity contribution in [1.82, 2.24) is 9.55 Å². The molecule has 2 aromatic rings. The van der Waals surface area contributed by atoms with Crippen LogP contribution in [-0.2, 0) is 7.05 Å². The summed E-state index contributed by atoms with van der Waals surface area (Å²) in [6.45, 7) is 0. The second-order valence-electron chi connectivity index (χ2n) is 3.48. The highest BCUT2D eigenvalue weighted by atomic mass is 79.9. The molecule has 17 heavy (non-hydrogen) atoms. The molecule has 0 fully saturated rings.